The first kappa shape index (κ1) is 22.0. The highest BCUT2D eigenvalue weighted by Crippen LogP contribution is 2.44. The van der Waals surface area contributed by atoms with Crippen LogP contribution in [0.5, 0.6) is 0 Å². The number of rotatable bonds is 10. The van der Waals surface area contributed by atoms with Gasteiger partial charge in [-0.25, -0.2) is 0 Å². The molecule has 0 aromatic carbocycles. The summed E-state index contributed by atoms with van der Waals surface area (Å²) in [7, 11) is 0. The van der Waals surface area contributed by atoms with Crippen molar-refractivity contribution < 1.29 is 13.8 Å². The number of fused-ring (bicyclic) bond motifs is 3. The number of piperazine rings is 1. The lowest BCUT2D eigenvalue weighted by atomic mass is 9.71. The summed E-state index contributed by atoms with van der Waals surface area (Å²) in [6.45, 7) is 16.0. The summed E-state index contributed by atoms with van der Waals surface area (Å²) in [6, 6.07) is 0.450. The lowest BCUT2D eigenvalue weighted by Gasteiger charge is -2.55. The predicted octanol–water partition coefficient (Wildman–Crippen LogP) is 1.15. The summed E-state index contributed by atoms with van der Waals surface area (Å²) in [6.07, 6.45) is 4.44. The van der Waals surface area contributed by atoms with E-state index >= 15 is 0 Å². The molecular weight excluding hydrogens is 354 g/mol. The molecule has 0 unspecified atom stereocenters. The van der Waals surface area contributed by atoms with Gasteiger partial charge in [-0.2, -0.15) is 0 Å². The zero-order valence-corrected chi connectivity index (χ0v) is 18.2. The SMILES string of the molecule is CCN1CCN(CC23CCC(NCC(=O)NCCNC(C)C)(CC2)CO3)CC1.[HH].[HH].[HH]. The Hall–Kier alpha value is -0.730. The highest BCUT2D eigenvalue weighted by molar-refractivity contribution is 5.78. The number of nitrogens with zero attached hydrogens (tertiary/aromatic N) is 2. The Kier molecular flexibility index (Phi) is 7.73. The molecular formula is C21H47N5O2. The van der Waals surface area contributed by atoms with Crippen molar-refractivity contribution in [3.05, 3.63) is 0 Å². The molecule has 168 valence electrons. The third kappa shape index (κ3) is 5.89. The van der Waals surface area contributed by atoms with Crippen molar-refractivity contribution in [3.8, 4) is 0 Å². The van der Waals surface area contributed by atoms with E-state index in [-0.39, 0.29) is 21.3 Å². The van der Waals surface area contributed by atoms with Crippen LogP contribution in [0.25, 0.3) is 0 Å². The Bertz CT molecular complexity index is 495. The Morgan fingerprint density at radius 1 is 1.07 bits per heavy atom. The van der Waals surface area contributed by atoms with Crippen molar-refractivity contribution in [3.63, 3.8) is 0 Å². The molecule has 7 nitrogen and oxygen atoms in total. The van der Waals surface area contributed by atoms with Gasteiger partial charge in [-0.1, -0.05) is 20.8 Å². The van der Waals surface area contributed by atoms with Crippen molar-refractivity contribution in [1.82, 2.24) is 25.8 Å². The molecule has 4 rings (SSSR count). The smallest absolute Gasteiger partial charge is 0.234 e. The molecule has 3 heterocycles. The van der Waals surface area contributed by atoms with Crippen LogP contribution in [-0.4, -0.2) is 98.4 Å². The largest absolute Gasteiger partial charge is 0.372 e. The molecule has 4 aliphatic rings. The highest BCUT2D eigenvalue weighted by Gasteiger charge is 2.50. The van der Waals surface area contributed by atoms with Crippen LogP contribution in [0.3, 0.4) is 0 Å². The molecule has 1 saturated carbocycles. The molecule has 0 atom stereocenters. The Morgan fingerprint density at radius 3 is 2.32 bits per heavy atom. The third-order valence-electron chi connectivity index (χ3n) is 6.82. The van der Waals surface area contributed by atoms with Gasteiger partial charge in [-0.15, -0.1) is 0 Å². The van der Waals surface area contributed by atoms with Crippen LogP contribution in [0.4, 0.5) is 0 Å². The predicted molar refractivity (Wildman–Crippen MR) is 119 cm³/mol. The van der Waals surface area contributed by atoms with E-state index in [1.165, 1.54) is 13.1 Å². The minimum Gasteiger partial charge on any atom is -0.372 e. The second-order valence-corrected chi connectivity index (χ2v) is 9.27. The van der Waals surface area contributed by atoms with E-state index in [4.69, 9.17) is 4.74 Å². The van der Waals surface area contributed by atoms with E-state index in [9.17, 15) is 4.79 Å². The van der Waals surface area contributed by atoms with Crippen LogP contribution >= 0.6 is 0 Å². The minimum atomic E-state index is -0.00379. The second kappa shape index (κ2) is 9.85. The lowest BCUT2D eigenvalue weighted by molar-refractivity contribution is -0.173. The molecule has 3 N–H and O–H groups in total. The average Bonchev–Trinajstić information content (AvgIpc) is 2.71. The summed E-state index contributed by atoms with van der Waals surface area (Å²) in [5.74, 6) is 0.0798. The fourth-order valence-corrected chi connectivity index (χ4v) is 4.76. The number of carbonyl (C=O) groups is 1. The zero-order valence-electron chi connectivity index (χ0n) is 18.2. The molecule has 2 bridgehead atoms. The quantitative estimate of drug-likeness (QED) is 0.477. The first-order valence-corrected chi connectivity index (χ1v) is 11.3. The van der Waals surface area contributed by atoms with Gasteiger partial charge in [0.25, 0.3) is 0 Å². The van der Waals surface area contributed by atoms with Gasteiger partial charge >= 0.3 is 0 Å². The van der Waals surface area contributed by atoms with Gasteiger partial charge in [0.05, 0.1) is 18.8 Å². The van der Waals surface area contributed by atoms with Crippen LogP contribution in [0.2, 0.25) is 0 Å². The number of hydrogen-bond acceptors (Lipinski definition) is 6. The number of ether oxygens (including phenoxy) is 1. The fraction of sp³-hybridized carbons (Fsp3) is 0.952. The van der Waals surface area contributed by atoms with Gasteiger partial charge in [0.15, 0.2) is 0 Å². The Morgan fingerprint density at radius 2 is 1.75 bits per heavy atom. The summed E-state index contributed by atoms with van der Waals surface area (Å²) in [5, 5.41) is 9.83. The van der Waals surface area contributed by atoms with Crippen molar-refractivity contribution in [2.75, 3.05) is 65.5 Å². The molecule has 0 aromatic heterocycles. The molecule has 28 heavy (non-hydrogen) atoms. The summed E-state index contributed by atoms with van der Waals surface area (Å²) >= 11 is 0. The van der Waals surface area contributed by atoms with Crippen LogP contribution < -0.4 is 16.0 Å². The highest BCUT2D eigenvalue weighted by atomic mass is 16.5. The standard InChI is InChI=1S/C21H41N5O2.3H2/c1-4-25-11-13-26(14-12-25)16-21-7-5-20(6-8-21,17-28-21)24-15-19(27)23-10-9-22-18(2)3;;;/h18,22,24H,4-17H2,1-3H3,(H,23,27);3*1H. The van der Waals surface area contributed by atoms with E-state index in [1.807, 2.05) is 0 Å². The molecule has 7 heteroatoms. The lowest BCUT2D eigenvalue weighted by Crippen LogP contribution is -2.65. The third-order valence-corrected chi connectivity index (χ3v) is 6.82. The van der Waals surface area contributed by atoms with Gasteiger partial charge in [0, 0.05) is 61.7 Å². The molecule has 3 aliphatic heterocycles. The number of hydrogen-bond donors (Lipinski definition) is 3. The van der Waals surface area contributed by atoms with Crippen LogP contribution in [0, 0.1) is 0 Å². The number of nitrogens with one attached hydrogen (secondary N) is 3. The Balaban J connectivity index is 0.00000300. The fourth-order valence-electron chi connectivity index (χ4n) is 4.76. The molecule has 0 spiro atoms. The van der Waals surface area contributed by atoms with E-state index in [1.54, 1.807) is 0 Å². The van der Waals surface area contributed by atoms with Gasteiger partial charge in [0.2, 0.25) is 5.91 Å². The number of carbonyl (C=O) groups excluding carboxylic acids is 1. The van der Waals surface area contributed by atoms with Crippen molar-refractivity contribution in [1.29, 1.82) is 0 Å². The maximum Gasteiger partial charge on any atom is 0.234 e. The first-order valence-electron chi connectivity index (χ1n) is 11.3. The van der Waals surface area contributed by atoms with Crippen molar-refractivity contribution in [2.24, 2.45) is 0 Å². The topological polar surface area (TPSA) is 68.9 Å². The van der Waals surface area contributed by atoms with Crippen LogP contribution in [0.15, 0.2) is 0 Å². The van der Waals surface area contributed by atoms with Crippen LogP contribution in [-0.2, 0) is 9.53 Å². The van der Waals surface area contributed by atoms with Crippen LogP contribution in [0.1, 0.15) is 50.7 Å². The monoisotopic (exact) mass is 401 g/mol. The summed E-state index contributed by atoms with van der Waals surface area (Å²) < 4.78 is 6.42. The summed E-state index contributed by atoms with van der Waals surface area (Å²) in [4.78, 5) is 17.2. The van der Waals surface area contributed by atoms with E-state index in [2.05, 4.69) is 46.5 Å². The van der Waals surface area contributed by atoms with Gasteiger partial charge in [0.1, 0.15) is 0 Å². The van der Waals surface area contributed by atoms with Gasteiger partial charge in [-0.3, -0.25) is 9.69 Å². The van der Waals surface area contributed by atoms with E-state index < -0.39 is 0 Å². The normalized spacial score (nSPS) is 31.4. The van der Waals surface area contributed by atoms with E-state index in [0.29, 0.717) is 19.1 Å². The van der Waals surface area contributed by atoms with Gasteiger partial charge in [-0.05, 0) is 32.2 Å². The maximum atomic E-state index is 12.1. The van der Waals surface area contributed by atoms with Gasteiger partial charge < -0.3 is 25.6 Å². The Labute approximate surface area is 175 Å². The molecule has 0 radical (unpaired) electrons. The number of likely N-dealkylation sites (N-methyl/N-ethyl adjacent to an activating group) is 1. The zero-order chi connectivity index (χ0) is 20.0. The maximum absolute atomic E-state index is 12.1. The summed E-state index contributed by atoms with van der Waals surface area (Å²) in [5.41, 5.74) is 0.0404. The van der Waals surface area contributed by atoms with E-state index in [0.717, 1.165) is 65.0 Å². The van der Waals surface area contributed by atoms with Crippen molar-refractivity contribution >= 4 is 5.91 Å². The average molecular weight is 402 g/mol. The second-order valence-electron chi connectivity index (χ2n) is 9.27. The first-order chi connectivity index (χ1) is 13.4. The van der Waals surface area contributed by atoms with Crippen molar-refractivity contribution in [2.45, 2.75) is 63.6 Å². The molecule has 3 saturated heterocycles. The number of amides is 1. The molecule has 1 amide bonds. The molecule has 4 fully saturated rings. The molecule has 0 aromatic rings. The minimum absolute atomic E-state index is 0. The molecule has 1 aliphatic carbocycles.